The highest BCUT2D eigenvalue weighted by atomic mass is 32.2. The second kappa shape index (κ2) is 8.12. The van der Waals surface area contributed by atoms with E-state index in [9.17, 15) is 26.8 Å². The van der Waals surface area contributed by atoms with Gasteiger partial charge in [0.05, 0.1) is 18.9 Å². The van der Waals surface area contributed by atoms with E-state index in [-0.39, 0.29) is 11.3 Å². The average Bonchev–Trinajstić information content (AvgIpc) is 2.59. The zero-order chi connectivity index (χ0) is 20.2. The van der Waals surface area contributed by atoms with E-state index in [0.29, 0.717) is 4.31 Å². The molecular weight excluding hydrogens is 382 g/mol. The molecule has 1 amide bonds. The first-order valence-corrected chi connectivity index (χ1v) is 9.38. The van der Waals surface area contributed by atoms with Crippen LogP contribution in [0.15, 0.2) is 42.5 Å². The first-order valence-electron chi connectivity index (χ1n) is 7.53. The molecule has 2 aromatic carbocycles. The van der Waals surface area contributed by atoms with Crippen molar-refractivity contribution in [2.24, 2.45) is 0 Å². The highest BCUT2D eigenvalue weighted by Crippen LogP contribution is 2.25. The molecule has 2 aromatic rings. The number of nitrogens with one attached hydrogen (secondary N) is 1. The lowest BCUT2D eigenvalue weighted by Gasteiger charge is -2.22. The minimum atomic E-state index is -4.16. The molecule has 144 valence electrons. The van der Waals surface area contributed by atoms with Gasteiger partial charge in [-0.25, -0.2) is 22.0 Å². The molecule has 0 fully saturated rings. The molecule has 0 aliphatic rings. The Bertz CT molecular complexity index is 959. The number of hydrogen-bond donors (Lipinski definition) is 1. The molecule has 7 nitrogen and oxygen atoms in total. The standard InChI is InChI=1S/C17H16F2N2O5S/c1-26-17(23)11-5-3-6-12(9-11)20-15(22)10-21(27(2,24)25)16-13(18)7-4-8-14(16)19/h3-9H,10H2,1-2H3,(H,20,22). The molecule has 0 unspecified atom stereocenters. The van der Waals surface area contributed by atoms with Gasteiger partial charge in [0.15, 0.2) is 11.6 Å². The van der Waals surface area contributed by atoms with Crippen LogP contribution in [0.1, 0.15) is 10.4 Å². The SMILES string of the molecule is COC(=O)c1cccc(NC(=O)CN(c2c(F)cccc2F)S(C)(=O)=O)c1. The molecular formula is C17H16F2N2O5S. The van der Waals surface area contributed by atoms with Crippen molar-refractivity contribution in [3.63, 3.8) is 0 Å². The van der Waals surface area contributed by atoms with E-state index in [1.807, 2.05) is 0 Å². The lowest BCUT2D eigenvalue weighted by Crippen LogP contribution is -2.38. The van der Waals surface area contributed by atoms with Gasteiger partial charge in [-0.15, -0.1) is 0 Å². The number of nitrogens with zero attached hydrogens (tertiary/aromatic N) is 1. The van der Waals surface area contributed by atoms with Crippen molar-refractivity contribution in [3.05, 3.63) is 59.7 Å². The van der Waals surface area contributed by atoms with Crippen molar-refractivity contribution >= 4 is 33.3 Å². The van der Waals surface area contributed by atoms with E-state index >= 15 is 0 Å². The van der Waals surface area contributed by atoms with Crippen molar-refractivity contribution < 1.29 is 31.5 Å². The van der Waals surface area contributed by atoms with Crippen LogP contribution < -0.4 is 9.62 Å². The van der Waals surface area contributed by atoms with Crippen LogP contribution in [-0.4, -0.2) is 40.2 Å². The van der Waals surface area contributed by atoms with Gasteiger partial charge in [0.1, 0.15) is 12.2 Å². The van der Waals surface area contributed by atoms with E-state index < -0.39 is 45.8 Å². The highest BCUT2D eigenvalue weighted by Gasteiger charge is 2.26. The number of ether oxygens (including phenoxy) is 1. The Morgan fingerprint density at radius 2 is 1.70 bits per heavy atom. The van der Waals surface area contributed by atoms with Gasteiger partial charge >= 0.3 is 5.97 Å². The number of carbonyl (C=O) groups excluding carboxylic acids is 2. The number of carbonyl (C=O) groups is 2. The van der Waals surface area contributed by atoms with Gasteiger partial charge in [0.2, 0.25) is 15.9 Å². The van der Waals surface area contributed by atoms with Gasteiger partial charge in [-0.2, -0.15) is 0 Å². The van der Waals surface area contributed by atoms with Crippen molar-refractivity contribution in [1.29, 1.82) is 0 Å². The lowest BCUT2D eigenvalue weighted by atomic mass is 10.2. The van der Waals surface area contributed by atoms with Crippen molar-refractivity contribution in [2.45, 2.75) is 0 Å². The number of sulfonamides is 1. The molecule has 0 aliphatic heterocycles. The molecule has 0 saturated carbocycles. The van der Waals surface area contributed by atoms with Gasteiger partial charge in [-0.1, -0.05) is 12.1 Å². The molecule has 0 bridgehead atoms. The summed E-state index contributed by atoms with van der Waals surface area (Å²) < 4.78 is 56.7. The summed E-state index contributed by atoms with van der Waals surface area (Å²) in [5.74, 6) is -3.73. The summed E-state index contributed by atoms with van der Waals surface area (Å²) in [4.78, 5) is 23.8. The molecule has 0 radical (unpaired) electrons. The van der Waals surface area contributed by atoms with Gasteiger partial charge in [0.25, 0.3) is 0 Å². The van der Waals surface area contributed by atoms with Crippen molar-refractivity contribution in [2.75, 3.05) is 29.5 Å². The largest absolute Gasteiger partial charge is 0.465 e. The zero-order valence-corrected chi connectivity index (χ0v) is 15.2. The van der Waals surface area contributed by atoms with Crippen LogP contribution in [0.3, 0.4) is 0 Å². The molecule has 0 saturated heterocycles. The summed E-state index contributed by atoms with van der Waals surface area (Å²) in [6.45, 7) is -0.862. The Hall–Kier alpha value is -3.01. The fraction of sp³-hybridized carbons (Fsp3) is 0.176. The third-order valence-corrected chi connectivity index (χ3v) is 4.55. The predicted octanol–water partition coefficient (Wildman–Crippen LogP) is 2.16. The van der Waals surface area contributed by atoms with Gasteiger partial charge in [-0.3, -0.25) is 9.10 Å². The zero-order valence-electron chi connectivity index (χ0n) is 14.4. The number of methoxy groups -OCH3 is 1. The summed E-state index contributed by atoms with van der Waals surface area (Å²) in [7, 11) is -2.96. The fourth-order valence-corrected chi connectivity index (χ4v) is 3.12. The number of rotatable bonds is 6. The number of benzene rings is 2. The molecule has 2 rings (SSSR count). The summed E-state index contributed by atoms with van der Waals surface area (Å²) in [5, 5.41) is 2.37. The third kappa shape index (κ3) is 5.00. The number of halogens is 2. The normalized spacial score (nSPS) is 11.0. The summed E-state index contributed by atoms with van der Waals surface area (Å²) >= 11 is 0. The molecule has 10 heteroatoms. The third-order valence-electron chi connectivity index (χ3n) is 3.44. The topological polar surface area (TPSA) is 92.8 Å². The minimum absolute atomic E-state index is 0.162. The molecule has 0 heterocycles. The monoisotopic (exact) mass is 398 g/mol. The smallest absolute Gasteiger partial charge is 0.337 e. The second-order valence-electron chi connectivity index (χ2n) is 5.46. The predicted molar refractivity (Wildman–Crippen MR) is 95.0 cm³/mol. The lowest BCUT2D eigenvalue weighted by molar-refractivity contribution is -0.114. The first kappa shape index (κ1) is 20.3. The maximum atomic E-state index is 14.0. The van der Waals surface area contributed by atoms with Gasteiger partial charge in [0, 0.05) is 5.69 Å². The van der Waals surface area contributed by atoms with Crippen LogP contribution in [0.25, 0.3) is 0 Å². The second-order valence-corrected chi connectivity index (χ2v) is 7.37. The van der Waals surface area contributed by atoms with Crippen LogP contribution in [0.4, 0.5) is 20.2 Å². The summed E-state index contributed by atoms with van der Waals surface area (Å²) in [6, 6.07) is 8.55. The minimum Gasteiger partial charge on any atom is -0.465 e. The molecule has 0 aromatic heterocycles. The van der Waals surface area contributed by atoms with Crippen LogP contribution in [0.2, 0.25) is 0 Å². The van der Waals surface area contributed by atoms with Gasteiger partial charge < -0.3 is 10.1 Å². The number of anilines is 2. The van der Waals surface area contributed by atoms with Gasteiger partial charge in [-0.05, 0) is 30.3 Å². The van der Waals surface area contributed by atoms with E-state index in [1.165, 1.54) is 31.4 Å². The Balaban J connectivity index is 2.27. The Kier molecular flexibility index (Phi) is 6.11. The number of esters is 1. The van der Waals surface area contributed by atoms with Crippen LogP contribution in [-0.2, 0) is 19.6 Å². The molecule has 27 heavy (non-hydrogen) atoms. The Labute approximate surface area is 154 Å². The molecule has 0 aliphatic carbocycles. The average molecular weight is 398 g/mol. The fourth-order valence-electron chi connectivity index (χ4n) is 2.26. The van der Waals surface area contributed by atoms with E-state index in [4.69, 9.17) is 0 Å². The summed E-state index contributed by atoms with van der Waals surface area (Å²) in [5.41, 5.74) is -0.501. The van der Waals surface area contributed by atoms with Crippen LogP contribution in [0, 0.1) is 11.6 Å². The number of amides is 1. The first-order chi connectivity index (χ1) is 12.6. The highest BCUT2D eigenvalue weighted by molar-refractivity contribution is 7.92. The van der Waals surface area contributed by atoms with Crippen molar-refractivity contribution in [3.8, 4) is 0 Å². The van der Waals surface area contributed by atoms with Crippen LogP contribution in [0.5, 0.6) is 0 Å². The number of para-hydroxylation sites is 1. The Morgan fingerprint density at radius 1 is 1.11 bits per heavy atom. The maximum Gasteiger partial charge on any atom is 0.337 e. The van der Waals surface area contributed by atoms with E-state index in [0.717, 1.165) is 24.5 Å². The van der Waals surface area contributed by atoms with E-state index in [2.05, 4.69) is 10.1 Å². The Morgan fingerprint density at radius 3 is 2.26 bits per heavy atom. The van der Waals surface area contributed by atoms with Crippen molar-refractivity contribution in [1.82, 2.24) is 0 Å². The quantitative estimate of drug-likeness (QED) is 0.753. The molecule has 1 N–H and O–H groups in total. The van der Waals surface area contributed by atoms with Crippen LogP contribution >= 0.6 is 0 Å². The molecule has 0 spiro atoms. The number of hydrogen-bond acceptors (Lipinski definition) is 5. The maximum absolute atomic E-state index is 14.0. The summed E-state index contributed by atoms with van der Waals surface area (Å²) in [6.07, 6.45) is 0.726. The van der Waals surface area contributed by atoms with E-state index in [1.54, 1.807) is 0 Å². The molecule has 0 atom stereocenters.